The fourth-order valence-corrected chi connectivity index (χ4v) is 4.10. The van der Waals surface area contributed by atoms with Crippen LogP contribution in [-0.4, -0.2) is 48.4 Å². The molecule has 2 N–H and O–H groups in total. The third-order valence-electron chi connectivity index (χ3n) is 5.88. The molecule has 2 aliphatic rings. The zero-order valence-corrected chi connectivity index (χ0v) is 17.9. The summed E-state index contributed by atoms with van der Waals surface area (Å²) in [4.78, 5) is 39.4. The van der Waals surface area contributed by atoms with E-state index in [1.807, 2.05) is 4.90 Å². The van der Waals surface area contributed by atoms with Crippen molar-refractivity contribution >= 4 is 29.2 Å². The van der Waals surface area contributed by atoms with E-state index in [1.165, 1.54) is 10.5 Å². The molecule has 4 amide bonds. The second-order valence-corrected chi connectivity index (χ2v) is 8.50. The number of piperidine rings is 1. The average Bonchev–Trinajstić information content (AvgIpc) is 3.12. The quantitative estimate of drug-likeness (QED) is 0.725. The van der Waals surface area contributed by atoms with Gasteiger partial charge in [0.2, 0.25) is 5.91 Å². The van der Waals surface area contributed by atoms with Gasteiger partial charge in [0, 0.05) is 36.1 Å². The van der Waals surface area contributed by atoms with Gasteiger partial charge in [0.05, 0.1) is 0 Å². The third kappa shape index (κ3) is 4.71. The van der Waals surface area contributed by atoms with Gasteiger partial charge in [-0.2, -0.15) is 0 Å². The number of likely N-dealkylation sites (tertiary alicyclic amines) is 1. The molecular formula is C24H28N4O3. The molecule has 0 spiro atoms. The Kier molecular flexibility index (Phi) is 5.93. The van der Waals surface area contributed by atoms with Crippen LogP contribution in [-0.2, 0) is 4.79 Å². The van der Waals surface area contributed by atoms with E-state index in [9.17, 15) is 14.4 Å². The Bertz CT molecular complexity index is 969. The molecule has 7 nitrogen and oxygen atoms in total. The van der Waals surface area contributed by atoms with Crippen molar-refractivity contribution in [2.75, 3.05) is 29.9 Å². The van der Waals surface area contributed by atoms with Gasteiger partial charge < -0.3 is 10.2 Å². The molecule has 2 fully saturated rings. The molecule has 162 valence electrons. The van der Waals surface area contributed by atoms with Crippen LogP contribution >= 0.6 is 0 Å². The van der Waals surface area contributed by atoms with E-state index in [0.29, 0.717) is 23.7 Å². The number of anilines is 2. The second kappa shape index (κ2) is 8.79. The summed E-state index contributed by atoms with van der Waals surface area (Å²) in [5.41, 5.74) is 3.57. The van der Waals surface area contributed by atoms with Gasteiger partial charge in [-0.05, 0) is 60.7 Å². The predicted octanol–water partition coefficient (Wildman–Crippen LogP) is 3.58. The van der Waals surface area contributed by atoms with Crippen LogP contribution in [0.15, 0.2) is 48.5 Å². The Balaban J connectivity index is 1.38. The summed E-state index contributed by atoms with van der Waals surface area (Å²) in [7, 11) is 0. The first-order chi connectivity index (χ1) is 14.9. The number of carbonyl (C=O) groups is 3. The van der Waals surface area contributed by atoms with E-state index in [-0.39, 0.29) is 24.4 Å². The predicted molar refractivity (Wildman–Crippen MR) is 120 cm³/mol. The molecule has 0 aliphatic carbocycles. The highest BCUT2D eigenvalue weighted by atomic mass is 16.2. The first-order valence-electron chi connectivity index (χ1n) is 10.8. The summed E-state index contributed by atoms with van der Waals surface area (Å²) in [6.45, 7) is 5.74. The van der Waals surface area contributed by atoms with Crippen molar-refractivity contribution in [1.29, 1.82) is 0 Å². The smallest absolute Gasteiger partial charge is 0.329 e. The van der Waals surface area contributed by atoms with E-state index >= 15 is 0 Å². The highest BCUT2D eigenvalue weighted by Crippen LogP contribution is 2.22. The van der Waals surface area contributed by atoms with Crippen molar-refractivity contribution in [1.82, 2.24) is 10.2 Å². The molecule has 1 unspecified atom stereocenters. The summed E-state index contributed by atoms with van der Waals surface area (Å²) in [5.74, 6) is 0.162. The van der Waals surface area contributed by atoms with E-state index in [2.05, 4.69) is 48.7 Å². The molecule has 2 aromatic carbocycles. The molecule has 31 heavy (non-hydrogen) atoms. The van der Waals surface area contributed by atoms with Crippen molar-refractivity contribution in [3.63, 3.8) is 0 Å². The van der Waals surface area contributed by atoms with Crippen LogP contribution in [0.5, 0.6) is 0 Å². The summed E-state index contributed by atoms with van der Waals surface area (Å²) >= 11 is 0. The number of rotatable bonds is 5. The highest BCUT2D eigenvalue weighted by Gasteiger charge is 2.28. The van der Waals surface area contributed by atoms with Crippen molar-refractivity contribution in [2.45, 2.75) is 38.6 Å². The molecule has 0 aromatic heterocycles. The Morgan fingerprint density at radius 3 is 2.39 bits per heavy atom. The summed E-state index contributed by atoms with van der Waals surface area (Å²) < 4.78 is 0. The first-order valence-corrected chi connectivity index (χ1v) is 10.8. The average molecular weight is 421 g/mol. The molecule has 4 rings (SSSR count). The molecule has 2 heterocycles. The lowest BCUT2D eigenvalue weighted by Gasteiger charge is -2.34. The van der Waals surface area contributed by atoms with Crippen LogP contribution in [0.25, 0.3) is 0 Å². The normalized spacial score (nSPS) is 19.0. The Morgan fingerprint density at radius 1 is 1.06 bits per heavy atom. The summed E-state index contributed by atoms with van der Waals surface area (Å²) in [5, 5.41) is 5.82. The van der Waals surface area contributed by atoms with Crippen molar-refractivity contribution in [3.8, 4) is 0 Å². The molecule has 7 heteroatoms. The maximum absolute atomic E-state index is 13.0. The number of hydrogen-bond donors (Lipinski definition) is 2. The first kappa shape index (κ1) is 20.9. The minimum Gasteiger partial charge on any atom is -0.381 e. The fraction of sp³-hybridized carbons (Fsp3) is 0.375. The lowest BCUT2D eigenvalue weighted by molar-refractivity contribution is -0.117. The Hall–Kier alpha value is -3.35. The standard InChI is InChI=1S/C24H28N4O3/c1-16(2)17-5-9-19(10-6-17)25-20-4-3-13-27(14-20)23(30)18-7-11-21(12-8-18)28-15-22(29)26-24(28)31/h5-12,16,20,25H,3-4,13-15H2,1-2H3,(H,26,29,31). The van der Waals surface area contributed by atoms with Crippen LogP contribution in [0.1, 0.15) is 48.5 Å². The van der Waals surface area contributed by atoms with Crippen LogP contribution in [0.4, 0.5) is 16.2 Å². The molecule has 2 saturated heterocycles. The lowest BCUT2D eigenvalue weighted by atomic mass is 10.0. The van der Waals surface area contributed by atoms with Crippen LogP contribution in [0.3, 0.4) is 0 Å². The maximum atomic E-state index is 13.0. The van der Waals surface area contributed by atoms with Crippen molar-refractivity contribution in [2.24, 2.45) is 0 Å². The lowest BCUT2D eigenvalue weighted by Crippen LogP contribution is -2.45. The summed E-state index contributed by atoms with van der Waals surface area (Å²) in [6.07, 6.45) is 1.97. The zero-order valence-electron chi connectivity index (χ0n) is 17.9. The minimum absolute atomic E-state index is 0.00372. The zero-order chi connectivity index (χ0) is 22.0. The molecule has 1 atom stereocenters. The van der Waals surface area contributed by atoms with E-state index in [4.69, 9.17) is 0 Å². The molecular weight excluding hydrogens is 392 g/mol. The van der Waals surface area contributed by atoms with Gasteiger partial charge in [-0.1, -0.05) is 26.0 Å². The second-order valence-electron chi connectivity index (χ2n) is 8.50. The van der Waals surface area contributed by atoms with Crippen LogP contribution < -0.4 is 15.5 Å². The molecule has 2 aliphatic heterocycles. The summed E-state index contributed by atoms with van der Waals surface area (Å²) in [6, 6.07) is 15.1. The molecule has 0 saturated carbocycles. The highest BCUT2D eigenvalue weighted by molar-refractivity contribution is 6.12. The minimum atomic E-state index is -0.435. The van der Waals surface area contributed by atoms with Gasteiger partial charge in [-0.25, -0.2) is 4.79 Å². The van der Waals surface area contributed by atoms with Gasteiger partial charge in [-0.15, -0.1) is 0 Å². The Morgan fingerprint density at radius 2 is 1.77 bits per heavy atom. The maximum Gasteiger partial charge on any atom is 0.329 e. The molecule has 2 aromatic rings. The molecule has 0 radical (unpaired) electrons. The topological polar surface area (TPSA) is 81.8 Å². The number of nitrogens with zero attached hydrogens (tertiary/aromatic N) is 2. The SMILES string of the molecule is CC(C)c1ccc(NC2CCCN(C(=O)c3ccc(N4CC(=O)NC4=O)cc3)C2)cc1. The van der Waals surface area contributed by atoms with Gasteiger partial charge in [0.25, 0.3) is 5.91 Å². The van der Waals surface area contributed by atoms with Crippen molar-refractivity contribution < 1.29 is 14.4 Å². The fourth-order valence-electron chi connectivity index (χ4n) is 4.10. The van der Waals surface area contributed by atoms with Crippen LogP contribution in [0, 0.1) is 0 Å². The van der Waals surface area contributed by atoms with Crippen LogP contribution in [0.2, 0.25) is 0 Å². The van der Waals surface area contributed by atoms with E-state index in [1.54, 1.807) is 24.3 Å². The number of imide groups is 1. The number of urea groups is 1. The molecule has 0 bridgehead atoms. The largest absolute Gasteiger partial charge is 0.381 e. The number of nitrogens with one attached hydrogen (secondary N) is 2. The number of hydrogen-bond acceptors (Lipinski definition) is 4. The monoisotopic (exact) mass is 420 g/mol. The third-order valence-corrected chi connectivity index (χ3v) is 5.88. The van der Waals surface area contributed by atoms with Gasteiger partial charge in [0.1, 0.15) is 6.54 Å². The van der Waals surface area contributed by atoms with Gasteiger partial charge in [-0.3, -0.25) is 19.8 Å². The number of benzene rings is 2. The Labute approximate surface area is 182 Å². The van der Waals surface area contributed by atoms with E-state index < -0.39 is 6.03 Å². The van der Waals surface area contributed by atoms with Gasteiger partial charge >= 0.3 is 6.03 Å². The number of amides is 4. The van der Waals surface area contributed by atoms with E-state index in [0.717, 1.165) is 25.1 Å². The van der Waals surface area contributed by atoms with Gasteiger partial charge in [0.15, 0.2) is 0 Å². The van der Waals surface area contributed by atoms with Crippen molar-refractivity contribution in [3.05, 3.63) is 59.7 Å². The number of carbonyl (C=O) groups excluding carboxylic acids is 3.